The third-order valence-electron chi connectivity index (χ3n) is 3.45. The second kappa shape index (κ2) is 6.30. The number of benzene rings is 2. The van der Waals surface area contributed by atoms with Gasteiger partial charge in [-0.2, -0.15) is 0 Å². The average molecular weight is 295 g/mol. The maximum Gasteiger partial charge on any atom is 0.161 e. The van der Waals surface area contributed by atoms with E-state index in [9.17, 15) is 0 Å². The van der Waals surface area contributed by atoms with Crippen molar-refractivity contribution in [2.45, 2.75) is 6.54 Å². The van der Waals surface area contributed by atoms with Crippen LogP contribution < -0.4 is 14.8 Å². The van der Waals surface area contributed by atoms with Crippen molar-refractivity contribution in [3.8, 4) is 11.5 Å². The van der Waals surface area contributed by atoms with Crippen LogP contribution in [0.2, 0.25) is 0 Å². The van der Waals surface area contributed by atoms with E-state index in [4.69, 9.17) is 9.47 Å². The molecule has 0 atom stereocenters. The van der Waals surface area contributed by atoms with Gasteiger partial charge in [0.15, 0.2) is 11.5 Å². The molecule has 1 aromatic heterocycles. The third kappa shape index (κ3) is 2.79. The van der Waals surface area contributed by atoms with Gasteiger partial charge in [0, 0.05) is 11.9 Å². The van der Waals surface area contributed by atoms with Crippen molar-refractivity contribution in [2.75, 3.05) is 19.5 Å². The van der Waals surface area contributed by atoms with Gasteiger partial charge in [-0.05, 0) is 29.8 Å². The van der Waals surface area contributed by atoms with Crippen LogP contribution in [0.25, 0.3) is 10.9 Å². The normalized spacial score (nSPS) is 10.5. The lowest BCUT2D eigenvalue weighted by atomic mass is 10.2. The number of anilines is 1. The molecule has 5 nitrogen and oxygen atoms in total. The van der Waals surface area contributed by atoms with Crippen LogP contribution in [-0.4, -0.2) is 24.2 Å². The Labute approximate surface area is 128 Å². The minimum absolute atomic E-state index is 0.640. The molecule has 0 saturated carbocycles. The van der Waals surface area contributed by atoms with Gasteiger partial charge >= 0.3 is 0 Å². The zero-order chi connectivity index (χ0) is 15.4. The van der Waals surface area contributed by atoms with Crippen molar-refractivity contribution in [1.29, 1.82) is 0 Å². The largest absolute Gasteiger partial charge is 0.493 e. The van der Waals surface area contributed by atoms with Crippen molar-refractivity contribution < 1.29 is 9.47 Å². The highest BCUT2D eigenvalue weighted by atomic mass is 16.5. The highest BCUT2D eigenvalue weighted by Gasteiger charge is 2.06. The van der Waals surface area contributed by atoms with E-state index in [1.54, 1.807) is 20.5 Å². The molecular weight excluding hydrogens is 278 g/mol. The minimum atomic E-state index is 0.640. The molecule has 0 saturated heterocycles. The fourth-order valence-corrected chi connectivity index (χ4v) is 2.32. The molecule has 0 aliphatic rings. The zero-order valence-corrected chi connectivity index (χ0v) is 12.5. The Morgan fingerprint density at radius 2 is 1.77 bits per heavy atom. The second-order valence-electron chi connectivity index (χ2n) is 4.78. The van der Waals surface area contributed by atoms with E-state index in [2.05, 4.69) is 15.3 Å². The van der Waals surface area contributed by atoms with E-state index in [0.29, 0.717) is 12.3 Å². The van der Waals surface area contributed by atoms with Crippen LogP contribution in [0.3, 0.4) is 0 Å². The summed E-state index contributed by atoms with van der Waals surface area (Å²) in [6, 6.07) is 13.8. The van der Waals surface area contributed by atoms with E-state index in [-0.39, 0.29) is 0 Å². The Balaban J connectivity index is 1.82. The molecule has 22 heavy (non-hydrogen) atoms. The molecule has 0 fully saturated rings. The first-order valence-corrected chi connectivity index (χ1v) is 6.96. The topological polar surface area (TPSA) is 56.3 Å². The van der Waals surface area contributed by atoms with Gasteiger partial charge in [0.2, 0.25) is 0 Å². The summed E-state index contributed by atoms with van der Waals surface area (Å²) in [6.07, 6.45) is 1.57. The molecule has 2 aromatic carbocycles. The van der Waals surface area contributed by atoms with Gasteiger partial charge in [0.05, 0.1) is 19.7 Å². The predicted octanol–water partition coefficient (Wildman–Crippen LogP) is 3.26. The highest BCUT2D eigenvalue weighted by molar-refractivity contribution is 5.88. The van der Waals surface area contributed by atoms with E-state index < -0.39 is 0 Å². The van der Waals surface area contributed by atoms with Crippen molar-refractivity contribution >= 4 is 16.7 Å². The predicted molar refractivity (Wildman–Crippen MR) is 86.4 cm³/mol. The molecule has 0 unspecified atom stereocenters. The first-order chi connectivity index (χ1) is 10.8. The number of aromatic nitrogens is 2. The van der Waals surface area contributed by atoms with Gasteiger partial charge in [-0.25, -0.2) is 9.97 Å². The molecule has 1 heterocycles. The van der Waals surface area contributed by atoms with Gasteiger partial charge < -0.3 is 14.8 Å². The summed E-state index contributed by atoms with van der Waals surface area (Å²) in [6.45, 7) is 0.640. The summed E-state index contributed by atoms with van der Waals surface area (Å²) in [7, 11) is 3.26. The number of nitrogens with one attached hydrogen (secondary N) is 1. The van der Waals surface area contributed by atoms with Gasteiger partial charge in [-0.3, -0.25) is 0 Å². The maximum absolute atomic E-state index is 5.32. The Bertz CT molecular complexity index is 784. The third-order valence-corrected chi connectivity index (χ3v) is 3.45. The first kappa shape index (κ1) is 14.1. The smallest absolute Gasteiger partial charge is 0.161 e. The molecule has 0 bridgehead atoms. The Kier molecular flexibility index (Phi) is 4.05. The molecular formula is C17H17N3O2. The summed E-state index contributed by atoms with van der Waals surface area (Å²) in [5.41, 5.74) is 2.01. The molecule has 3 rings (SSSR count). The van der Waals surface area contributed by atoms with Crippen LogP contribution in [0.1, 0.15) is 5.56 Å². The minimum Gasteiger partial charge on any atom is -0.493 e. The van der Waals surface area contributed by atoms with Gasteiger partial charge in [-0.1, -0.05) is 18.2 Å². The maximum atomic E-state index is 5.32. The summed E-state index contributed by atoms with van der Waals surface area (Å²) >= 11 is 0. The van der Waals surface area contributed by atoms with Gasteiger partial charge in [0.1, 0.15) is 12.1 Å². The van der Waals surface area contributed by atoms with Crippen molar-refractivity contribution in [1.82, 2.24) is 9.97 Å². The van der Waals surface area contributed by atoms with Gasteiger partial charge in [-0.15, -0.1) is 0 Å². The molecule has 0 aliphatic carbocycles. The van der Waals surface area contributed by atoms with Crippen LogP contribution >= 0.6 is 0 Å². The van der Waals surface area contributed by atoms with E-state index >= 15 is 0 Å². The second-order valence-corrected chi connectivity index (χ2v) is 4.78. The van der Waals surface area contributed by atoms with Crippen LogP contribution in [0.4, 0.5) is 5.82 Å². The lowest BCUT2D eigenvalue weighted by Crippen LogP contribution is -2.03. The number of fused-ring (bicyclic) bond motifs is 1. The van der Waals surface area contributed by atoms with Crippen LogP contribution in [-0.2, 0) is 6.54 Å². The SMILES string of the molecule is COc1ccc(CNc2ncnc3ccccc23)cc1OC. The lowest BCUT2D eigenvalue weighted by molar-refractivity contribution is 0.354. The molecule has 0 radical (unpaired) electrons. The zero-order valence-electron chi connectivity index (χ0n) is 12.5. The standard InChI is InChI=1S/C17H17N3O2/c1-21-15-8-7-12(9-16(15)22-2)10-18-17-13-5-3-4-6-14(13)19-11-20-17/h3-9,11H,10H2,1-2H3,(H,18,19,20). The average Bonchev–Trinajstić information content (AvgIpc) is 2.59. The molecule has 5 heteroatoms. The highest BCUT2D eigenvalue weighted by Crippen LogP contribution is 2.28. The quantitative estimate of drug-likeness (QED) is 0.783. The van der Waals surface area contributed by atoms with Crippen LogP contribution in [0, 0.1) is 0 Å². The number of rotatable bonds is 5. The molecule has 1 N–H and O–H groups in total. The fraction of sp³-hybridized carbons (Fsp3) is 0.176. The Morgan fingerprint density at radius 3 is 2.59 bits per heavy atom. The van der Waals surface area contributed by atoms with Crippen LogP contribution in [0.5, 0.6) is 11.5 Å². The molecule has 0 amide bonds. The summed E-state index contributed by atoms with van der Waals surface area (Å²) in [4.78, 5) is 8.58. The monoisotopic (exact) mass is 295 g/mol. The summed E-state index contributed by atoms with van der Waals surface area (Å²) in [5.74, 6) is 2.26. The fourth-order valence-electron chi connectivity index (χ4n) is 2.32. The molecule has 0 aliphatic heterocycles. The Hall–Kier alpha value is -2.82. The molecule has 112 valence electrons. The first-order valence-electron chi connectivity index (χ1n) is 6.96. The number of methoxy groups -OCH3 is 2. The molecule has 3 aromatic rings. The summed E-state index contributed by atoms with van der Waals surface area (Å²) in [5, 5.41) is 4.35. The van der Waals surface area contributed by atoms with E-state index in [1.165, 1.54) is 0 Å². The number of hydrogen-bond donors (Lipinski definition) is 1. The summed E-state index contributed by atoms with van der Waals surface area (Å²) < 4.78 is 10.6. The van der Waals surface area contributed by atoms with E-state index in [0.717, 1.165) is 28.0 Å². The van der Waals surface area contributed by atoms with E-state index in [1.807, 2.05) is 42.5 Å². The van der Waals surface area contributed by atoms with Crippen molar-refractivity contribution in [2.24, 2.45) is 0 Å². The Morgan fingerprint density at radius 1 is 0.955 bits per heavy atom. The van der Waals surface area contributed by atoms with Crippen molar-refractivity contribution in [3.05, 3.63) is 54.4 Å². The van der Waals surface area contributed by atoms with Crippen LogP contribution in [0.15, 0.2) is 48.8 Å². The lowest BCUT2D eigenvalue weighted by Gasteiger charge is -2.11. The number of ether oxygens (including phenoxy) is 2. The number of hydrogen-bond acceptors (Lipinski definition) is 5. The number of nitrogens with zero attached hydrogens (tertiary/aromatic N) is 2. The molecule has 0 spiro atoms. The number of para-hydroxylation sites is 1. The van der Waals surface area contributed by atoms with Crippen molar-refractivity contribution in [3.63, 3.8) is 0 Å². The van der Waals surface area contributed by atoms with Gasteiger partial charge in [0.25, 0.3) is 0 Å².